The van der Waals surface area contributed by atoms with E-state index in [1.165, 1.54) is 5.56 Å². The minimum atomic E-state index is -0.630. The smallest absolute Gasteiger partial charge is 0.265 e. The van der Waals surface area contributed by atoms with Gasteiger partial charge in [-0.25, -0.2) is 0 Å². The summed E-state index contributed by atoms with van der Waals surface area (Å²) in [5.41, 5.74) is 2.66. The molecule has 1 amide bonds. The van der Waals surface area contributed by atoms with E-state index in [4.69, 9.17) is 9.47 Å². The highest BCUT2D eigenvalue weighted by molar-refractivity contribution is 6.04. The Labute approximate surface area is 172 Å². The predicted molar refractivity (Wildman–Crippen MR) is 117 cm³/mol. The number of hydrogen-bond acceptors (Lipinski definition) is 4. The second kappa shape index (κ2) is 9.92. The molecule has 0 aliphatic carbocycles. The number of benzene rings is 2. The van der Waals surface area contributed by atoms with Crippen LogP contribution < -0.4 is 14.8 Å². The van der Waals surface area contributed by atoms with Gasteiger partial charge in [0, 0.05) is 11.6 Å². The molecule has 0 aliphatic rings. The first-order chi connectivity index (χ1) is 14.1. The van der Waals surface area contributed by atoms with Crippen molar-refractivity contribution in [2.75, 3.05) is 11.9 Å². The molecule has 0 fully saturated rings. The van der Waals surface area contributed by atoms with Gasteiger partial charge in [0.2, 0.25) is 0 Å². The third-order valence-electron chi connectivity index (χ3n) is 4.76. The number of fused-ring (bicyclic) bond motifs is 1. The summed E-state index contributed by atoms with van der Waals surface area (Å²) in [5.74, 6) is 1.19. The van der Waals surface area contributed by atoms with Crippen molar-refractivity contribution in [3.8, 4) is 11.5 Å². The van der Waals surface area contributed by atoms with E-state index >= 15 is 0 Å². The summed E-state index contributed by atoms with van der Waals surface area (Å²) in [4.78, 5) is 17.1. The van der Waals surface area contributed by atoms with Gasteiger partial charge in [0.1, 0.15) is 17.0 Å². The van der Waals surface area contributed by atoms with E-state index in [0.29, 0.717) is 18.0 Å². The second-order valence-corrected chi connectivity index (χ2v) is 6.96. The molecule has 0 radical (unpaired) electrons. The summed E-state index contributed by atoms with van der Waals surface area (Å²) in [6.07, 6.45) is 4.12. The Hall–Kier alpha value is -3.08. The second-order valence-electron chi connectivity index (χ2n) is 6.96. The number of carbonyl (C=O) groups is 1. The maximum absolute atomic E-state index is 12.7. The number of nitrogens with one attached hydrogen (secondary N) is 1. The summed E-state index contributed by atoms with van der Waals surface area (Å²) >= 11 is 0. The van der Waals surface area contributed by atoms with Crippen molar-refractivity contribution in [3.05, 3.63) is 60.3 Å². The number of hydrogen-bond donors (Lipinski definition) is 1. The molecule has 3 rings (SSSR count). The number of rotatable bonds is 9. The monoisotopic (exact) mass is 392 g/mol. The van der Waals surface area contributed by atoms with Crippen LogP contribution >= 0.6 is 0 Å². The van der Waals surface area contributed by atoms with Gasteiger partial charge in [-0.15, -0.1) is 0 Å². The Balaban J connectivity index is 1.73. The van der Waals surface area contributed by atoms with Crippen molar-refractivity contribution in [3.63, 3.8) is 0 Å². The average Bonchev–Trinajstić information content (AvgIpc) is 2.75. The van der Waals surface area contributed by atoms with Gasteiger partial charge < -0.3 is 14.8 Å². The summed E-state index contributed by atoms with van der Waals surface area (Å²) < 4.78 is 11.7. The zero-order valence-electron chi connectivity index (χ0n) is 17.3. The maximum atomic E-state index is 12.7. The fraction of sp³-hybridized carbons (Fsp3) is 0.333. The molecule has 29 heavy (non-hydrogen) atoms. The minimum absolute atomic E-state index is 0.214. The highest BCUT2D eigenvalue weighted by atomic mass is 16.5. The van der Waals surface area contributed by atoms with Crippen molar-refractivity contribution < 1.29 is 14.3 Å². The number of unbranched alkanes of at least 4 members (excludes halogenated alkanes) is 1. The molecule has 0 saturated carbocycles. The zero-order valence-corrected chi connectivity index (χ0v) is 17.3. The lowest BCUT2D eigenvalue weighted by Crippen LogP contribution is -2.30. The number of aromatic nitrogens is 1. The molecular weight excluding hydrogens is 364 g/mol. The molecule has 1 atom stereocenters. The molecule has 0 bridgehead atoms. The maximum Gasteiger partial charge on any atom is 0.265 e. The molecule has 2 aromatic carbocycles. The van der Waals surface area contributed by atoms with E-state index in [2.05, 4.69) is 24.1 Å². The molecule has 0 aliphatic heterocycles. The summed E-state index contributed by atoms with van der Waals surface area (Å²) in [7, 11) is 0. The van der Waals surface area contributed by atoms with Gasteiger partial charge >= 0.3 is 0 Å². The van der Waals surface area contributed by atoms with Crippen LogP contribution in [0, 0.1) is 0 Å². The van der Waals surface area contributed by atoms with E-state index in [9.17, 15) is 4.79 Å². The van der Waals surface area contributed by atoms with E-state index in [1.54, 1.807) is 13.1 Å². The molecule has 1 aromatic heterocycles. The van der Waals surface area contributed by atoms with E-state index < -0.39 is 6.10 Å². The van der Waals surface area contributed by atoms with Crippen molar-refractivity contribution in [2.24, 2.45) is 0 Å². The number of aryl methyl sites for hydroxylation is 1. The molecule has 1 N–H and O–H groups in total. The molecule has 1 unspecified atom stereocenters. The lowest BCUT2D eigenvalue weighted by Gasteiger charge is -2.17. The molecule has 5 heteroatoms. The van der Waals surface area contributed by atoms with Crippen LogP contribution in [-0.2, 0) is 11.2 Å². The third kappa shape index (κ3) is 5.25. The van der Waals surface area contributed by atoms with Crippen LogP contribution in [0.15, 0.2) is 54.7 Å². The van der Waals surface area contributed by atoms with E-state index in [-0.39, 0.29) is 5.91 Å². The Bertz CT molecular complexity index is 954. The van der Waals surface area contributed by atoms with Crippen LogP contribution in [0.2, 0.25) is 0 Å². The Morgan fingerprint density at radius 1 is 1.10 bits per heavy atom. The summed E-state index contributed by atoms with van der Waals surface area (Å²) in [6.45, 7) is 6.62. The van der Waals surface area contributed by atoms with Gasteiger partial charge in [-0.3, -0.25) is 9.78 Å². The first kappa shape index (κ1) is 20.6. The summed E-state index contributed by atoms with van der Waals surface area (Å²) in [6, 6.07) is 15.3. The zero-order chi connectivity index (χ0) is 20.6. The SMILES string of the molecule is CCCCOc1ccc(NC(=O)C(C)Oc2ccc(CC)cc2)c2cccnc12. The van der Waals surface area contributed by atoms with Crippen LogP contribution in [0.25, 0.3) is 10.9 Å². The topological polar surface area (TPSA) is 60.5 Å². The third-order valence-corrected chi connectivity index (χ3v) is 4.76. The molecule has 0 saturated heterocycles. The van der Waals surface area contributed by atoms with Crippen LogP contribution in [-0.4, -0.2) is 23.6 Å². The molecule has 5 nitrogen and oxygen atoms in total. The number of anilines is 1. The first-order valence-electron chi connectivity index (χ1n) is 10.2. The molecule has 0 spiro atoms. The van der Waals surface area contributed by atoms with Crippen LogP contribution in [0.3, 0.4) is 0 Å². The van der Waals surface area contributed by atoms with Crippen molar-refractivity contribution in [1.29, 1.82) is 0 Å². The Morgan fingerprint density at radius 2 is 1.90 bits per heavy atom. The van der Waals surface area contributed by atoms with Gasteiger partial charge in [0.25, 0.3) is 5.91 Å². The molecule has 3 aromatic rings. The van der Waals surface area contributed by atoms with Gasteiger partial charge in [0.15, 0.2) is 6.10 Å². The fourth-order valence-corrected chi connectivity index (χ4v) is 2.99. The minimum Gasteiger partial charge on any atom is -0.491 e. The van der Waals surface area contributed by atoms with Crippen LogP contribution in [0.5, 0.6) is 11.5 Å². The number of amides is 1. The standard InChI is InChI=1S/C24H28N2O3/c1-4-6-16-28-22-14-13-21(20-8-7-15-25-23(20)22)26-24(27)17(3)29-19-11-9-18(5-2)10-12-19/h7-15,17H,4-6,16H2,1-3H3,(H,26,27). The quantitative estimate of drug-likeness (QED) is 0.497. The van der Waals surface area contributed by atoms with Crippen molar-refractivity contribution >= 4 is 22.5 Å². The van der Waals surface area contributed by atoms with Crippen molar-refractivity contribution in [2.45, 2.75) is 46.1 Å². The fourth-order valence-electron chi connectivity index (χ4n) is 2.99. The lowest BCUT2D eigenvalue weighted by molar-refractivity contribution is -0.122. The molecular formula is C24H28N2O3. The summed E-state index contributed by atoms with van der Waals surface area (Å²) in [5, 5.41) is 3.80. The largest absolute Gasteiger partial charge is 0.491 e. The van der Waals surface area contributed by atoms with Crippen molar-refractivity contribution in [1.82, 2.24) is 4.98 Å². The number of pyridine rings is 1. The molecule has 1 heterocycles. The molecule has 152 valence electrons. The number of ether oxygens (including phenoxy) is 2. The van der Waals surface area contributed by atoms with E-state index in [1.807, 2.05) is 48.5 Å². The van der Waals surface area contributed by atoms with Gasteiger partial charge in [-0.05, 0) is 61.7 Å². The average molecular weight is 392 g/mol. The predicted octanol–water partition coefficient (Wildman–Crippen LogP) is 5.38. The van der Waals surface area contributed by atoms with Crippen LogP contribution in [0.4, 0.5) is 5.69 Å². The Morgan fingerprint density at radius 3 is 2.62 bits per heavy atom. The normalized spacial score (nSPS) is 11.8. The highest BCUT2D eigenvalue weighted by Gasteiger charge is 2.17. The van der Waals surface area contributed by atoms with Gasteiger partial charge in [-0.1, -0.05) is 32.4 Å². The number of carbonyl (C=O) groups excluding carboxylic acids is 1. The van der Waals surface area contributed by atoms with Gasteiger partial charge in [-0.2, -0.15) is 0 Å². The van der Waals surface area contributed by atoms with Gasteiger partial charge in [0.05, 0.1) is 12.3 Å². The van der Waals surface area contributed by atoms with E-state index in [0.717, 1.165) is 35.9 Å². The first-order valence-corrected chi connectivity index (χ1v) is 10.2. The lowest BCUT2D eigenvalue weighted by atomic mass is 10.1. The highest BCUT2D eigenvalue weighted by Crippen LogP contribution is 2.30. The Kier molecular flexibility index (Phi) is 7.06. The number of nitrogens with zero attached hydrogens (tertiary/aromatic N) is 1. The van der Waals surface area contributed by atoms with Crippen LogP contribution in [0.1, 0.15) is 39.2 Å².